The SMILES string of the molecule is CCc1nc(COc2ccc(F)cc2)sc1C(C)(C)N. The van der Waals surface area contributed by atoms with E-state index < -0.39 is 5.54 Å². The van der Waals surface area contributed by atoms with Gasteiger partial charge in [0.05, 0.1) is 5.69 Å². The number of nitrogens with two attached hydrogens (primary N) is 1. The summed E-state index contributed by atoms with van der Waals surface area (Å²) in [5, 5.41) is 0.889. The molecule has 0 aliphatic carbocycles. The molecule has 0 fully saturated rings. The Morgan fingerprint density at radius 1 is 1.30 bits per heavy atom. The third-order valence-electron chi connectivity index (χ3n) is 2.84. The van der Waals surface area contributed by atoms with Crippen molar-refractivity contribution in [2.75, 3.05) is 0 Å². The van der Waals surface area contributed by atoms with Gasteiger partial charge in [-0.2, -0.15) is 0 Å². The molecule has 0 unspecified atom stereocenters. The fourth-order valence-corrected chi connectivity index (χ4v) is 2.96. The molecule has 0 bridgehead atoms. The standard InChI is InChI=1S/C15H19FN2OS/c1-4-12-14(15(2,3)17)20-13(18-12)9-19-11-7-5-10(16)6-8-11/h5-8H,4,9,17H2,1-3H3. The van der Waals surface area contributed by atoms with E-state index in [1.165, 1.54) is 12.1 Å². The Balaban J connectivity index is 2.10. The maximum atomic E-state index is 12.8. The minimum absolute atomic E-state index is 0.271. The van der Waals surface area contributed by atoms with E-state index in [4.69, 9.17) is 10.5 Å². The van der Waals surface area contributed by atoms with Crippen LogP contribution in [0.3, 0.4) is 0 Å². The van der Waals surface area contributed by atoms with Gasteiger partial charge >= 0.3 is 0 Å². The lowest BCUT2D eigenvalue weighted by Gasteiger charge is -2.17. The molecular weight excluding hydrogens is 275 g/mol. The average Bonchev–Trinajstić information content (AvgIpc) is 2.81. The summed E-state index contributed by atoms with van der Waals surface area (Å²) >= 11 is 1.58. The highest BCUT2D eigenvalue weighted by atomic mass is 32.1. The fourth-order valence-electron chi connectivity index (χ4n) is 1.88. The van der Waals surface area contributed by atoms with Gasteiger partial charge in [-0.25, -0.2) is 9.37 Å². The molecule has 1 aromatic carbocycles. The van der Waals surface area contributed by atoms with Gasteiger partial charge < -0.3 is 10.5 Å². The van der Waals surface area contributed by atoms with Gasteiger partial charge in [-0.05, 0) is 44.5 Å². The Morgan fingerprint density at radius 2 is 1.95 bits per heavy atom. The first-order valence-electron chi connectivity index (χ1n) is 6.56. The third kappa shape index (κ3) is 3.55. The van der Waals surface area contributed by atoms with Crippen LogP contribution in [-0.4, -0.2) is 4.98 Å². The highest BCUT2D eigenvalue weighted by Crippen LogP contribution is 2.29. The molecule has 1 heterocycles. The summed E-state index contributed by atoms with van der Waals surface area (Å²) in [4.78, 5) is 5.66. The van der Waals surface area contributed by atoms with Crippen LogP contribution in [0.5, 0.6) is 5.75 Å². The molecule has 0 saturated heterocycles. The van der Waals surface area contributed by atoms with Gasteiger partial charge in [0, 0.05) is 10.4 Å². The molecule has 2 N–H and O–H groups in total. The van der Waals surface area contributed by atoms with Crippen LogP contribution in [0.2, 0.25) is 0 Å². The largest absolute Gasteiger partial charge is 0.486 e. The Kier molecular flexibility index (Phi) is 4.40. The monoisotopic (exact) mass is 294 g/mol. The van der Waals surface area contributed by atoms with Gasteiger partial charge in [0.15, 0.2) is 0 Å². The molecule has 0 radical (unpaired) electrons. The lowest BCUT2D eigenvalue weighted by molar-refractivity contribution is 0.305. The zero-order valence-electron chi connectivity index (χ0n) is 11.9. The maximum Gasteiger partial charge on any atom is 0.140 e. The summed E-state index contributed by atoms with van der Waals surface area (Å²) < 4.78 is 18.4. The first-order chi connectivity index (χ1) is 9.40. The van der Waals surface area contributed by atoms with Crippen molar-refractivity contribution in [1.82, 2.24) is 4.98 Å². The van der Waals surface area contributed by atoms with E-state index in [2.05, 4.69) is 11.9 Å². The van der Waals surface area contributed by atoms with Crippen LogP contribution in [0.15, 0.2) is 24.3 Å². The van der Waals surface area contributed by atoms with Gasteiger partial charge in [-0.15, -0.1) is 11.3 Å². The van der Waals surface area contributed by atoms with E-state index in [1.54, 1.807) is 23.5 Å². The lowest BCUT2D eigenvalue weighted by Crippen LogP contribution is -2.28. The fraction of sp³-hybridized carbons (Fsp3) is 0.400. The van der Waals surface area contributed by atoms with E-state index in [0.29, 0.717) is 12.4 Å². The minimum atomic E-state index is -0.392. The molecular formula is C15H19FN2OS. The Labute approximate surface area is 122 Å². The first kappa shape index (κ1) is 14.9. The number of nitrogens with zero attached hydrogens (tertiary/aromatic N) is 1. The molecule has 0 aliphatic rings. The molecule has 0 saturated carbocycles. The van der Waals surface area contributed by atoms with Crippen LogP contribution in [0.25, 0.3) is 0 Å². The Bertz CT molecular complexity index is 573. The van der Waals surface area contributed by atoms with Crippen molar-refractivity contribution in [3.63, 3.8) is 0 Å². The molecule has 108 valence electrons. The third-order valence-corrected chi connectivity index (χ3v) is 4.25. The number of hydrogen-bond acceptors (Lipinski definition) is 4. The predicted octanol–water partition coefficient (Wildman–Crippen LogP) is 3.62. The number of benzene rings is 1. The smallest absolute Gasteiger partial charge is 0.140 e. The van der Waals surface area contributed by atoms with Gasteiger partial charge in [0.2, 0.25) is 0 Å². The van der Waals surface area contributed by atoms with Crippen molar-refractivity contribution < 1.29 is 9.13 Å². The summed E-state index contributed by atoms with van der Waals surface area (Å²) in [5.74, 6) is 0.361. The highest BCUT2D eigenvalue weighted by Gasteiger charge is 2.22. The first-order valence-corrected chi connectivity index (χ1v) is 7.38. The molecule has 0 aliphatic heterocycles. The molecule has 2 aromatic rings. The number of aromatic nitrogens is 1. The van der Waals surface area contributed by atoms with Gasteiger partial charge in [0.25, 0.3) is 0 Å². The van der Waals surface area contributed by atoms with Crippen molar-refractivity contribution in [3.05, 3.63) is 45.7 Å². The van der Waals surface area contributed by atoms with Gasteiger partial charge in [0.1, 0.15) is 23.2 Å². The molecule has 1 aromatic heterocycles. The van der Waals surface area contributed by atoms with E-state index in [-0.39, 0.29) is 5.82 Å². The van der Waals surface area contributed by atoms with Crippen molar-refractivity contribution in [2.45, 2.75) is 39.3 Å². The topological polar surface area (TPSA) is 48.1 Å². The summed E-state index contributed by atoms with van der Waals surface area (Å²) in [5.41, 5.74) is 6.79. The van der Waals surface area contributed by atoms with Crippen LogP contribution in [0, 0.1) is 5.82 Å². The lowest BCUT2D eigenvalue weighted by atomic mass is 10.0. The summed E-state index contributed by atoms with van der Waals surface area (Å²) in [6.07, 6.45) is 0.850. The Hall–Kier alpha value is -1.46. The van der Waals surface area contributed by atoms with Crippen LogP contribution in [0.1, 0.15) is 36.3 Å². The molecule has 3 nitrogen and oxygen atoms in total. The summed E-state index contributed by atoms with van der Waals surface area (Å²) in [7, 11) is 0. The van der Waals surface area contributed by atoms with E-state index in [0.717, 1.165) is 22.0 Å². The van der Waals surface area contributed by atoms with Crippen LogP contribution < -0.4 is 10.5 Å². The zero-order valence-corrected chi connectivity index (χ0v) is 12.8. The second-order valence-corrected chi connectivity index (χ2v) is 6.28. The molecule has 0 spiro atoms. The highest BCUT2D eigenvalue weighted by molar-refractivity contribution is 7.11. The normalized spacial score (nSPS) is 11.7. The number of rotatable bonds is 5. The second-order valence-electron chi connectivity index (χ2n) is 5.20. The van der Waals surface area contributed by atoms with Crippen LogP contribution in [-0.2, 0) is 18.6 Å². The summed E-state index contributed by atoms with van der Waals surface area (Å²) in [6, 6.07) is 5.97. The van der Waals surface area contributed by atoms with Crippen molar-refractivity contribution >= 4 is 11.3 Å². The molecule has 0 amide bonds. The molecule has 5 heteroatoms. The van der Waals surface area contributed by atoms with Gasteiger partial charge in [-0.3, -0.25) is 0 Å². The number of ether oxygens (including phenoxy) is 1. The van der Waals surface area contributed by atoms with E-state index >= 15 is 0 Å². The van der Waals surface area contributed by atoms with E-state index in [1.807, 2.05) is 13.8 Å². The summed E-state index contributed by atoms with van der Waals surface area (Å²) in [6.45, 7) is 6.39. The second kappa shape index (κ2) is 5.89. The minimum Gasteiger partial charge on any atom is -0.486 e. The number of aryl methyl sites for hydroxylation is 1. The van der Waals surface area contributed by atoms with Gasteiger partial charge in [-0.1, -0.05) is 6.92 Å². The van der Waals surface area contributed by atoms with E-state index in [9.17, 15) is 4.39 Å². The molecule has 2 rings (SSSR count). The number of thiazole rings is 1. The maximum absolute atomic E-state index is 12.8. The Morgan fingerprint density at radius 3 is 2.45 bits per heavy atom. The molecule has 0 atom stereocenters. The average molecular weight is 294 g/mol. The van der Waals surface area contributed by atoms with Crippen LogP contribution >= 0.6 is 11.3 Å². The zero-order chi connectivity index (χ0) is 14.8. The number of hydrogen-bond donors (Lipinski definition) is 1. The van der Waals surface area contributed by atoms with Crippen LogP contribution in [0.4, 0.5) is 4.39 Å². The van der Waals surface area contributed by atoms with Crippen molar-refractivity contribution in [2.24, 2.45) is 5.73 Å². The predicted molar refractivity (Wildman–Crippen MR) is 79.4 cm³/mol. The van der Waals surface area contributed by atoms with Crippen molar-refractivity contribution in [1.29, 1.82) is 0 Å². The molecule has 20 heavy (non-hydrogen) atoms. The number of halogens is 1. The van der Waals surface area contributed by atoms with Crippen molar-refractivity contribution in [3.8, 4) is 5.75 Å². The quantitative estimate of drug-likeness (QED) is 0.916.